The van der Waals surface area contributed by atoms with Gasteiger partial charge in [0.25, 0.3) is 0 Å². The molecule has 0 aliphatic heterocycles. The number of rotatable bonds is 4. The van der Waals surface area contributed by atoms with Crippen molar-refractivity contribution in [1.29, 1.82) is 0 Å². The van der Waals surface area contributed by atoms with Gasteiger partial charge in [-0.05, 0) is 56.3 Å². The molecule has 0 heterocycles. The first kappa shape index (κ1) is 9.30. The SMILES string of the molecule is CC[C@H]1CC1CC[C@@H]1C=CCCC1. The summed E-state index contributed by atoms with van der Waals surface area (Å²) in [7, 11) is 0. The Morgan fingerprint density at radius 1 is 1.23 bits per heavy atom. The third-order valence-corrected chi connectivity index (χ3v) is 3.86. The van der Waals surface area contributed by atoms with E-state index in [1.54, 1.807) is 0 Å². The fraction of sp³-hybridized carbons (Fsp3) is 0.846. The molecule has 0 bridgehead atoms. The van der Waals surface area contributed by atoms with E-state index in [2.05, 4.69) is 19.1 Å². The molecule has 0 aromatic heterocycles. The molecule has 2 aliphatic carbocycles. The van der Waals surface area contributed by atoms with Crippen LogP contribution in [0.15, 0.2) is 12.2 Å². The van der Waals surface area contributed by atoms with Gasteiger partial charge in [-0.15, -0.1) is 0 Å². The Hall–Kier alpha value is -0.260. The lowest BCUT2D eigenvalue weighted by Gasteiger charge is -2.15. The van der Waals surface area contributed by atoms with Crippen LogP contribution in [0.5, 0.6) is 0 Å². The lowest BCUT2D eigenvalue weighted by Crippen LogP contribution is -2.01. The molecular formula is C13H22. The Morgan fingerprint density at radius 3 is 2.77 bits per heavy atom. The zero-order valence-electron chi connectivity index (χ0n) is 8.84. The van der Waals surface area contributed by atoms with E-state index in [1.807, 2.05) is 0 Å². The normalized spacial score (nSPS) is 37.8. The maximum Gasteiger partial charge on any atom is -0.0233 e. The van der Waals surface area contributed by atoms with Crippen LogP contribution in [0.3, 0.4) is 0 Å². The van der Waals surface area contributed by atoms with Crippen LogP contribution in [0.1, 0.15) is 51.9 Å². The van der Waals surface area contributed by atoms with Gasteiger partial charge in [0.15, 0.2) is 0 Å². The van der Waals surface area contributed by atoms with Crippen LogP contribution >= 0.6 is 0 Å². The molecule has 0 nitrogen and oxygen atoms in total. The molecule has 2 rings (SSSR count). The predicted molar refractivity (Wildman–Crippen MR) is 57.6 cm³/mol. The van der Waals surface area contributed by atoms with E-state index < -0.39 is 0 Å². The zero-order valence-corrected chi connectivity index (χ0v) is 8.84. The Balaban J connectivity index is 1.62. The van der Waals surface area contributed by atoms with Crippen molar-refractivity contribution in [2.75, 3.05) is 0 Å². The van der Waals surface area contributed by atoms with Gasteiger partial charge in [-0.2, -0.15) is 0 Å². The van der Waals surface area contributed by atoms with Gasteiger partial charge in [0.2, 0.25) is 0 Å². The highest BCUT2D eigenvalue weighted by Crippen LogP contribution is 2.45. The summed E-state index contributed by atoms with van der Waals surface area (Å²) in [6.07, 6.45) is 15.0. The number of hydrogen-bond donors (Lipinski definition) is 0. The van der Waals surface area contributed by atoms with E-state index >= 15 is 0 Å². The Kier molecular flexibility index (Phi) is 3.08. The van der Waals surface area contributed by atoms with E-state index in [4.69, 9.17) is 0 Å². The average molecular weight is 178 g/mol. The second kappa shape index (κ2) is 4.30. The Morgan fingerprint density at radius 2 is 2.15 bits per heavy atom. The summed E-state index contributed by atoms with van der Waals surface area (Å²) < 4.78 is 0. The van der Waals surface area contributed by atoms with Crippen molar-refractivity contribution < 1.29 is 0 Å². The van der Waals surface area contributed by atoms with Crippen molar-refractivity contribution >= 4 is 0 Å². The van der Waals surface area contributed by atoms with Crippen LogP contribution < -0.4 is 0 Å². The maximum absolute atomic E-state index is 2.47. The molecule has 1 unspecified atom stereocenters. The first-order valence-electron chi connectivity index (χ1n) is 6.06. The van der Waals surface area contributed by atoms with Gasteiger partial charge in [0.05, 0.1) is 0 Å². The standard InChI is InChI=1S/C13H22/c1-2-12-10-13(12)9-8-11-6-4-3-5-7-11/h4,6,11-13H,2-3,5,7-10H2,1H3/t11-,12+,13?/m1/s1. The minimum absolute atomic E-state index is 0.937. The molecule has 1 saturated carbocycles. The third kappa shape index (κ3) is 2.59. The van der Waals surface area contributed by atoms with Crippen molar-refractivity contribution in [3.05, 3.63) is 12.2 Å². The summed E-state index contributed by atoms with van der Waals surface area (Å²) in [6, 6.07) is 0. The van der Waals surface area contributed by atoms with Crippen LogP contribution in [0.25, 0.3) is 0 Å². The molecule has 0 radical (unpaired) electrons. The van der Waals surface area contributed by atoms with Crippen LogP contribution in [0.2, 0.25) is 0 Å². The molecule has 0 aromatic carbocycles. The van der Waals surface area contributed by atoms with Gasteiger partial charge in [0.1, 0.15) is 0 Å². The second-order valence-electron chi connectivity index (χ2n) is 4.86. The summed E-state index contributed by atoms with van der Waals surface area (Å²) in [5, 5.41) is 0. The van der Waals surface area contributed by atoms with Crippen LogP contribution in [0.4, 0.5) is 0 Å². The molecule has 13 heavy (non-hydrogen) atoms. The smallest absolute Gasteiger partial charge is 0.0233 e. The monoisotopic (exact) mass is 178 g/mol. The quantitative estimate of drug-likeness (QED) is 0.567. The van der Waals surface area contributed by atoms with E-state index in [-0.39, 0.29) is 0 Å². The Labute approximate surface area is 82.4 Å². The summed E-state index contributed by atoms with van der Waals surface area (Å²) in [4.78, 5) is 0. The first-order valence-corrected chi connectivity index (χ1v) is 6.06. The molecule has 0 heteroatoms. The van der Waals surface area contributed by atoms with Crippen molar-refractivity contribution in [1.82, 2.24) is 0 Å². The molecular weight excluding hydrogens is 156 g/mol. The molecule has 0 N–H and O–H groups in total. The van der Waals surface area contributed by atoms with Gasteiger partial charge in [0, 0.05) is 0 Å². The van der Waals surface area contributed by atoms with E-state index in [0.717, 1.165) is 17.8 Å². The fourth-order valence-electron chi connectivity index (χ4n) is 2.72. The predicted octanol–water partition coefficient (Wildman–Crippen LogP) is 4.17. The highest BCUT2D eigenvalue weighted by Gasteiger charge is 2.34. The van der Waals surface area contributed by atoms with Crippen molar-refractivity contribution in [2.45, 2.75) is 51.9 Å². The van der Waals surface area contributed by atoms with Crippen LogP contribution in [-0.2, 0) is 0 Å². The molecule has 3 atom stereocenters. The van der Waals surface area contributed by atoms with Gasteiger partial charge >= 0.3 is 0 Å². The fourth-order valence-corrected chi connectivity index (χ4v) is 2.72. The zero-order chi connectivity index (χ0) is 9.10. The topological polar surface area (TPSA) is 0 Å². The van der Waals surface area contributed by atoms with E-state index in [0.29, 0.717) is 0 Å². The number of allylic oxidation sites excluding steroid dienone is 2. The second-order valence-corrected chi connectivity index (χ2v) is 4.86. The van der Waals surface area contributed by atoms with Crippen LogP contribution in [0, 0.1) is 17.8 Å². The maximum atomic E-state index is 2.47. The largest absolute Gasteiger partial charge is 0.0883 e. The van der Waals surface area contributed by atoms with Crippen molar-refractivity contribution in [3.8, 4) is 0 Å². The third-order valence-electron chi connectivity index (χ3n) is 3.86. The van der Waals surface area contributed by atoms with Gasteiger partial charge in [-0.25, -0.2) is 0 Å². The highest BCUT2D eigenvalue weighted by molar-refractivity contribution is 4.94. The summed E-state index contributed by atoms with van der Waals surface area (Å²) in [5.41, 5.74) is 0. The van der Waals surface area contributed by atoms with Gasteiger partial charge < -0.3 is 0 Å². The molecule has 0 amide bonds. The lowest BCUT2D eigenvalue weighted by atomic mass is 9.91. The first-order chi connectivity index (χ1) is 6.40. The number of hydrogen-bond acceptors (Lipinski definition) is 0. The molecule has 0 aromatic rings. The highest BCUT2D eigenvalue weighted by atomic mass is 14.4. The molecule has 74 valence electrons. The summed E-state index contributed by atoms with van der Waals surface area (Å²) in [5.74, 6) is 3.15. The summed E-state index contributed by atoms with van der Waals surface area (Å²) >= 11 is 0. The molecule has 0 spiro atoms. The summed E-state index contributed by atoms with van der Waals surface area (Å²) in [6.45, 7) is 2.34. The lowest BCUT2D eigenvalue weighted by molar-refractivity contribution is 0.462. The van der Waals surface area contributed by atoms with Crippen LogP contribution in [-0.4, -0.2) is 0 Å². The molecule has 2 aliphatic rings. The minimum Gasteiger partial charge on any atom is -0.0883 e. The van der Waals surface area contributed by atoms with E-state index in [9.17, 15) is 0 Å². The molecule has 0 saturated heterocycles. The molecule has 1 fully saturated rings. The average Bonchev–Trinajstić information content (AvgIpc) is 2.95. The van der Waals surface area contributed by atoms with Crippen molar-refractivity contribution in [3.63, 3.8) is 0 Å². The van der Waals surface area contributed by atoms with Gasteiger partial charge in [-0.3, -0.25) is 0 Å². The Bertz CT molecular complexity index is 180. The minimum atomic E-state index is 0.937. The van der Waals surface area contributed by atoms with E-state index in [1.165, 1.54) is 44.9 Å². The van der Waals surface area contributed by atoms with Gasteiger partial charge in [-0.1, -0.05) is 25.5 Å². The van der Waals surface area contributed by atoms with Crippen molar-refractivity contribution in [2.24, 2.45) is 17.8 Å².